The Kier molecular flexibility index (Phi) is 6.18. The number of fused-ring (bicyclic) bond motifs is 1. The van der Waals surface area contributed by atoms with Gasteiger partial charge in [-0.25, -0.2) is 8.78 Å². The van der Waals surface area contributed by atoms with Crippen LogP contribution in [0.2, 0.25) is 0 Å². The van der Waals surface area contributed by atoms with E-state index < -0.39 is 11.6 Å². The maximum Gasteiger partial charge on any atom is 0.166 e. The van der Waals surface area contributed by atoms with Gasteiger partial charge in [-0.3, -0.25) is 0 Å². The first-order chi connectivity index (χ1) is 14.1. The fraction of sp³-hybridized carbons (Fsp3) is 0.481. The molecule has 0 bridgehead atoms. The van der Waals surface area contributed by atoms with Crippen LogP contribution in [0.15, 0.2) is 49.1 Å². The number of halogens is 2. The van der Waals surface area contributed by atoms with E-state index >= 15 is 4.39 Å². The minimum absolute atomic E-state index is 0.155. The first-order valence-corrected chi connectivity index (χ1v) is 11.2. The summed E-state index contributed by atoms with van der Waals surface area (Å²) >= 11 is 0. The molecule has 0 aliphatic heterocycles. The molecule has 0 saturated heterocycles. The standard InChI is InChI=1S/C27H32F2/c1-3-4-5-19-8-11-22-17-23(13-12-21(22)16-19)25-15-14-24(26(28)27(25)29)20-9-6-18(2)7-10-20/h3,6-7,9-10,14-15,19,21-23H,1,4-5,8,11-13,16-17H2,2H3. The topological polar surface area (TPSA) is 0 Å². The van der Waals surface area contributed by atoms with E-state index in [1.165, 1.54) is 25.7 Å². The van der Waals surface area contributed by atoms with Crippen molar-refractivity contribution < 1.29 is 8.78 Å². The Balaban J connectivity index is 1.48. The van der Waals surface area contributed by atoms with Crippen molar-refractivity contribution in [2.45, 2.75) is 64.2 Å². The minimum Gasteiger partial charge on any atom is -0.203 e. The highest BCUT2D eigenvalue weighted by Gasteiger charge is 2.36. The predicted molar refractivity (Wildman–Crippen MR) is 117 cm³/mol. The predicted octanol–water partition coefficient (Wildman–Crippen LogP) is 8.21. The van der Waals surface area contributed by atoms with Gasteiger partial charge in [-0.1, -0.05) is 54.5 Å². The van der Waals surface area contributed by atoms with Crippen molar-refractivity contribution in [3.05, 3.63) is 71.8 Å². The Bertz CT molecular complexity index is 852. The molecule has 2 aliphatic carbocycles. The Morgan fingerprint density at radius 3 is 2.38 bits per heavy atom. The molecule has 2 aromatic carbocycles. The Morgan fingerprint density at radius 2 is 1.62 bits per heavy atom. The molecule has 0 radical (unpaired) electrons. The first-order valence-electron chi connectivity index (χ1n) is 11.2. The lowest BCUT2D eigenvalue weighted by Crippen LogP contribution is -2.30. The van der Waals surface area contributed by atoms with Gasteiger partial charge in [-0.15, -0.1) is 6.58 Å². The van der Waals surface area contributed by atoms with Crippen LogP contribution < -0.4 is 0 Å². The average Bonchev–Trinajstić information content (AvgIpc) is 2.74. The molecule has 2 aromatic rings. The zero-order valence-corrected chi connectivity index (χ0v) is 17.5. The number of hydrogen-bond acceptors (Lipinski definition) is 0. The van der Waals surface area contributed by atoms with Crippen molar-refractivity contribution in [3.8, 4) is 11.1 Å². The second kappa shape index (κ2) is 8.81. The smallest absolute Gasteiger partial charge is 0.166 e. The van der Waals surface area contributed by atoms with E-state index in [9.17, 15) is 4.39 Å². The van der Waals surface area contributed by atoms with E-state index in [-0.39, 0.29) is 5.92 Å². The maximum absolute atomic E-state index is 15.1. The van der Waals surface area contributed by atoms with Gasteiger partial charge in [0.2, 0.25) is 0 Å². The van der Waals surface area contributed by atoms with E-state index in [2.05, 4.69) is 6.58 Å². The number of aryl methyl sites for hydroxylation is 1. The molecule has 0 amide bonds. The molecule has 0 spiro atoms. The third-order valence-corrected chi connectivity index (χ3v) is 7.42. The van der Waals surface area contributed by atoms with Crippen molar-refractivity contribution in [2.75, 3.05) is 0 Å². The summed E-state index contributed by atoms with van der Waals surface area (Å²) in [6.07, 6.45) is 11.4. The van der Waals surface area contributed by atoms with Gasteiger partial charge in [-0.05, 0) is 86.7 Å². The molecule has 0 aromatic heterocycles. The molecule has 0 nitrogen and oxygen atoms in total. The van der Waals surface area contributed by atoms with Gasteiger partial charge in [0.1, 0.15) is 0 Å². The summed E-state index contributed by atoms with van der Waals surface area (Å²) in [6.45, 7) is 5.84. The Hall–Kier alpha value is -1.96. The summed E-state index contributed by atoms with van der Waals surface area (Å²) < 4.78 is 30.0. The summed E-state index contributed by atoms with van der Waals surface area (Å²) in [5.41, 5.74) is 2.80. The van der Waals surface area contributed by atoms with E-state index in [0.29, 0.717) is 17.0 Å². The van der Waals surface area contributed by atoms with Gasteiger partial charge < -0.3 is 0 Å². The van der Waals surface area contributed by atoms with Crippen molar-refractivity contribution in [1.82, 2.24) is 0 Å². The molecule has 4 unspecified atom stereocenters. The van der Waals surface area contributed by atoms with Crippen molar-refractivity contribution >= 4 is 0 Å². The van der Waals surface area contributed by atoms with Crippen LogP contribution in [-0.2, 0) is 0 Å². The van der Waals surface area contributed by atoms with Crippen LogP contribution in [0.4, 0.5) is 8.78 Å². The molecule has 0 N–H and O–H groups in total. The quantitative estimate of drug-likeness (QED) is 0.448. The van der Waals surface area contributed by atoms with Gasteiger partial charge >= 0.3 is 0 Å². The number of benzene rings is 2. The van der Waals surface area contributed by atoms with Crippen LogP contribution in [0.5, 0.6) is 0 Å². The van der Waals surface area contributed by atoms with Crippen LogP contribution in [0.25, 0.3) is 11.1 Å². The second-order valence-electron chi connectivity index (χ2n) is 9.27. The molecule has 154 valence electrons. The normalized spacial score (nSPS) is 26.7. The molecule has 2 aliphatic rings. The first kappa shape index (κ1) is 20.3. The molecular weight excluding hydrogens is 362 g/mol. The molecule has 2 fully saturated rings. The number of rotatable bonds is 5. The van der Waals surface area contributed by atoms with Gasteiger partial charge in [0.05, 0.1) is 0 Å². The zero-order valence-electron chi connectivity index (χ0n) is 17.5. The SMILES string of the molecule is C=CCCC1CCC2CC(c3ccc(-c4ccc(C)cc4)c(F)c3F)CCC2C1. The lowest BCUT2D eigenvalue weighted by Gasteiger charge is -2.42. The highest BCUT2D eigenvalue weighted by atomic mass is 19.2. The second-order valence-corrected chi connectivity index (χ2v) is 9.27. The van der Waals surface area contributed by atoms with Crippen LogP contribution in [0.3, 0.4) is 0 Å². The van der Waals surface area contributed by atoms with Crippen LogP contribution >= 0.6 is 0 Å². The molecule has 0 heterocycles. The molecule has 4 rings (SSSR count). The summed E-state index contributed by atoms with van der Waals surface area (Å²) in [5, 5.41) is 0. The van der Waals surface area contributed by atoms with Gasteiger partial charge in [-0.2, -0.15) is 0 Å². The number of allylic oxidation sites excluding steroid dienone is 1. The summed E-state index contributed by atoms with van der Waals surface area (Å²) in [5.74, 6) is 1.10. The van der Waals surface area contributed by atoms with Crippen LogP contribution in [0.1, 0.15) is 68.4 Å². The molecule has 2 heteroatoms. The molecule has 4 atom stereocenters. The van der Waals surface area contributed by atoms with Crippen molar-refractivity contribution in [1.29, 1.82) is 0 Å². The van der Waals surface area contributed by atoms with Crippen LogP contribution in [-0.4, -0.2) is 0 Å². The van der Waals surface area contributed by atoms with Crippen molar-refractivity contribution in [3.63, 3.8) is 0 Å². The van der Waals surface area contributed by atoms with E-state index in [1.54, 1.807) is 6.07 Å². The average molecular weight is 395 g/mol. The maximum atomic E-state index is 15.1. The van der Waals surface area contributed by atoms with Crippen molar-refractivity contribution in [2.24, 2.45) is 17.8 Å². The third kappa shape index (κ3) is 4.32. The molecular formula is C27H32F2. The highest BCUT2D eigenvalue weighted by Crippen LogP contribution is 2.49. The lowest BCUT2D eigenvalue weighted by atomic mass is 9.63. The highest BCUT2D eigenvalue weighted by molar-refractivity contribution is 5.65. The number of hydrogen-bond donors (Lipinski definition) is 0. The fourth-order valence-corrected chi connectivity index (χ4v) is 5.72. The monoisotopic (exact) mass is 394 g/mol. The Morgan fingerprint density at radius 1 is 0.897 bits per heavy atom. The van der Waals surface area contributed by atoms with Gasteiger partial charge in [0, 0.05) is 5.56 Å². The largest absolute Gasteiger partial charge is 0.203 e. The zero-order chi connectivity index (χ0) is 20.4. The van der Waals surface area contributed by atoms with Crippen LogP contribution in [0, 0.1) is 36.3 Å². The fourth-order valence-electron chi connectivity index (χ4n) is 5.72. The van der Waals surface area contributed by atoms with Gasteiger partial charge in [0.15, 0.2) is 11.6 Å². The van der Waals surface area contributed by atoms with E-state index in [0.717, 1.165) is 48.6 Å². The molecule has 29 heavy (non-hydrogen) atoms. The van der Waals surface area contributed by atoms with E-state index in [1.807, 2.05) is 43.3 Å². The van der Waals surface area contributed by atoms with E-state index in [4.69, 9.17) is 0 Å². The summed E-state index contributed by atoms with van der Waals surface area (Å²) in [7, 11) is 0. The Labute approximate surface area is 174 Å². The van der Waals surface area contributed by atoms with Gasteiger partial charge in [0.25, 0.3) is 0 Å². The molecule has 2 saturated carbocycles. The third-order valence-electron chi connectivity index (χ3n) is 7.42. The summed E-state index contributed by atoms with van der Waals surface area (Å²) in [4.78, 5) is 0. The minimum atomic E-state index is -0.693. The summed E-state index contributed by atoms with van der Waals surface area (Å²) in [6, 6.07) is 11.2. The lowest BCUT2D eigenvalue weighted by molar-refractivity contribution is 0.114.